The number of aromatic nitrogens is 1. The molecule has 0 unspecified atom stereocenters. The molecule has 2 N–H and O–H groups in total. The highest BCUT2D eigenvalue weighted by atomic mass is 19.1. The summed E-state index contributed by atoms with van der Waals surface area (Å²) in [5, 5.41) is 23.2. The van der Waals surface area contributed by atoms with Gasteiger partial charge in [0.2, 0.25) is 5.91 Å². The number of halogens is 1. The minimum absolute atomic E-state index is 0.0213. The number of rotatable bonds is 8. The number of carbonyl (C=O) groups is 1. The Balaban J connectivity index is 1.46. The Morgan fingerprint density at radius 3 is 2.30 bits per heavy atom. The van der Waals surface area contributed by atoms with E-state index in [1.807, 2.05) is 6.07 Å². The van der Waals surface area contributed by atoms with Gasteiger partial charge in [0.1, 0.15) is 28.5 Å². The Kier molecular flexibility index (Phi) is 8.10. The summed E-state index contributed by atoms with van der Waals surface area (Å²) in [6.45, 7) is 6.94. The summed E-state index contributed by atoms with van der Waals surface area (Å²) >= 11 is 0. The summed E-state index contributed by atoms with van der Waals surface area (Å²) < 4.78 is 28.4. The molecule has 1 heterocycles. The Morgan fingerprint density at radius 1 is 1.07 bits per heavy atom. The van der Waals surface area contributed by atoms with Gasteiger partial charge in [-0.25, -0.2) is 4.39 Å². The monoisotopic (exact) mass is 587 g/mol. The summed E-state index contributed by atoms with van der Waals surface area (Å²) in [6.07, 6.45) is 5.46. The third kappa shape index (κ3) is 6.45. The van der Waals surface area contributed by atoms with Crippen LogP contribution in [0.3, 0.4) is 0 Å². The van der Waals surface area contributed by atoms with Gasteiger partial charge in [0.15, 0.2) is 0 Å². The fraction of sp³-hybridized carbons (Fsp3) is 0.441. The number of nitrogens with one attached hydrogen (secondary N) is 1. The first-order valence-electron chi connectivity index (χ1n) is 14.7. The first-order valence-corrected chi connectivity index (χ1v) is 14.7. The van der Waals surface area contributed by atoms with E-state index in [4.69, 9.17) is 9.47 Å². The first kappa shape index (κ1) is 30.3. The molecule has 9 heteroatoms. The van der Waals surface area contributed by atoms with E-state index in [0.29, 0.717) is 83.6 Å². The van der Waals surface area contributed by atoms with Crippen molar-refractivity contribution in [1.82, 2.24) is 9.88 Å². The van der Waals surface area contributed by atoms with Crippen molar-refractivity contribution in [3.05, 3.63) is 75.5 Å². The molecule has 2 fully saturated rings. The molecule has 0 spiro atoms. The fourth-order valence-corrected chi connectivity index (χ4v) is 5.63. The lowest BCUT2D eigenvalue weighted by Crippen LogP contribution is -2.42. The number of hydrogen-bond acceptors (Lipinski definition) is 6. The van der Waals surface area contributed by atoms with Gasteiger partial charge in [0.25, 0.3) is 5.56 Å². The van der Waals surface area contributed by atoms with E-state index in [1.165, 1.54) is 22.8 Å². The van der Waals surface area contributed by atoms with E-state index >= 15 is 0 Å². The second-order valence-corrected chi connectivity index (χ2v) is 12.5. The quantitative estimate of drug-likeness (QED) is 0.337. The Bertz CT molecular complexity index is 1630. The van der Waals surface area contributed by atoms with E-state index in [2.05, 4.69) is 11.4 Å². The van der Waals surface area contributed by atoms with Crippen molar-refractivity contribution in [2.75, 3.05) is 0 Å². The number of nitriles is 1. The Morgan fingerprint density at radius 2 is 1.72 bits per heavy atom. The van der Waals surface area contributed by atoms with E-state index in [-0.39, 0.29) is 29.4 Å². The molecule has 2 aliphatic carbocycles. The maximum atomic E-state index is 14.0. The molecule has 0 bridgehead atoms. The van der Waals surface area contributed by atoms with Crippen LogP contribution in [0, 0.1) is 36.4 Å². The predicted octanol–water partition coefficient (Wildman–Crippen LogP) is 5.94. The molecule has 0 atom stereocenters. The highest BCUT2D eigenvalue weighted by molar-refractivity contribution is 5.88. The number of benzene rings is 2. The highest BCUT2D eigenvalue weighted by Crippen LogP contribution is 2.45. The molecule has 2 aromatic carbocycles. The number of carbonyl (C=O) groups excluding carboxylic acids is 1. The molecule has 1 amide bonds. The van der Waals surface area contributed by atoms with Crippen LogP contribution in [-0.2, 0) is 17.4 Å². The van der Waals surface area contributed by atoms with Gasteiger partial charge in [0, 0.05) is 36.5 Å². The van der Waals surface area contributed by atoms with Crippen LogP contribution in [0.1, 0.15) is 69.1 Å². The summed E-state index contributed by atoms with van der Waals surface area (Å²) in [4.78, 5) is 25.3. The van der Waals surface area contributed by atoms with Crippen LogP contribution in [0.5, 0.6) is 17.2 Å². The van der Waals surface area contributed by atoms with Gasteiger partial charge in [-0.2, -0.15) is 5.26 Å². The first-order chi connectivity index (χ1) is 20.3. The van der Waals surface area contributed by atoms with Gasteiger partial charge in [-0.3, -0.25) is 9.59 Å². The third-order valence-electron chi connectivity index (χ3n) is 8.51. The number of amides is 1. The average molecular weight is 588 g/mol. The fourth-order valence-electron chi connectivity index (χ4n) is 5.63. The van der Waals surface area contributed by atoms with Crippen molar-refractivity contribution in [2.45, 2.75) is 84.0 Å². The normalized spacial score (nSPS) is 19.3. The zero-order valence-corrected chi connectivity index (χ0v) is 25.3. The zero-order valence-electron chi connectivity index (χ0n) is 25.3. The molecule has 226 valence electrons. The van der Waals surface area contributed by atoms with Crippen molar-refractivity contribution < 1.29 is 23.8 Å². The molecule has 1 aromatic heterocycles. The average Bonchev–Trinajstić information content (AvgIpc) is 3.75. The summed E-state index contributed by atoms with van der Waals surface area (Å²) in [5.74, 6) is 0.851. The van der Waals surface area contributed by atoms with E-state index in [9.17, 15) is 24.3 Å². The van der Waals surface area contributed by atoms with Gasteiger partial charge in [-0.05, 0) is 107 Å². The molecule has 8 nitrogen and oxygen atoms in total. The standard InChI is InChI=1S/C34H38FN3O5/c1-20-14-23(35)15-21(2)31(20)43-28-11-6-22(33(3,4)41)16-26(28)27-18-38(5)30(39)17-29(27)42-25-9-7-24(8-10-25)37-32(40)34(19-36)12-13-34/h6,11,14-18,24-25,41H,7-10,12-13H2,1-5H3,(H,37,40)/t24-,25-. The number of aliphatic hydroxyl groups is 1. The Labute approximate surface area is 251 Å². The second kappa shape index (κ2) is 11.5. The molecule has 2 aliphatic rings. The predicted molar refractivity (Wildman–Crippen MR) is 160 cm³/mol. The number of nitrogens with zero attached hydrogens (tertiary/aromatic N) is 2. The number of hydrogen-bond donors (Lipinski definition) is 2. The Hall–Kier alpha value is -4.16. The van der Waals surface area contributed by atoms with E-state index in [1.54, 1.807) is 53.1 Å². The van der Waals surface area contributed by atoms with Crippen LogP contribution in [0.25, 0.3) is 11.1 Å². The second-order valence-electron chi connectivity index (χ2n) is 12.5. The van der Waals surface area contributed by atoms with Gasteiger partial charge in [-0.15, -0.1) is 0 Å². The van der Waals surface area contributed by atoms with Crippen LogP contribution < -0.4 is 20.3 Å². The zero-order chi connectivity index (χ0) is 31.1. The number of pyridine rings is 1. The highest BCUT2D eigenvalue weighted by Gasteiger charge is 2.51. The minimum atomic E-state index is -1.15. The van der Waals surface area contributed by atoms with Crippen LogP contribution in [-0.4, -0.2) is 27.7 Å². The van der Waals surface area contributed by atoms with E-state index < -0.39 is 11.0 Å². The summed E-state index contributed by atoms with van der Waals surface area (Å²) in [7, 11) is 1.66. The molecule has 5 rings (SSSR count). The maximum Gasteiger partial charge on any atom is 0.254 e. The summed E-state index contributed by atoms with van der Waals surface area (Å²) in [5.41, 5.74) is 0.901. The van der Waals surface area contributed by atoms with Gasteiger partial charge in [-0.1, -0.05) is 6.07 Å². The van der Waals surface area contributed by atoms with Crippen molar-refractivity contribution >= 4 is 5.91 Å². The van der Waals surface area contributed by atoms with Crippen LogP contribution in [0.4, 0.5) is 4.39 Å². The van der Waals surface area contributed by atoms with Gasteiger partial charge >= 0.3 is 0 Å². The SMILES string of the molecule is Cc1cc(F)cc(C)c1Oc1ccc(C(C)(C)O)cc1-c1cn(C)c(=O)cc1O[C@H]1CC[C@H](NC(=O)C2(C#N)CC2)CC1. The van der Waals surface area contributed by atoms with Crippen molar-refractivity contribution in [2.24, 2.45) is 12.5 Å². The molecular formula is C34H38FN3O5. The van der Waals surface area contributed by atoms with Crippen molar-refractivity contribution in [3.8, 4) is 34.4 Å². The smallest absolute Gasteiger partial charge is 0.254 e. The molecule has 3 aromatic rings. The van der Waals surface area contributed by atoms with Crippen molar-refractivity contribution in [1.29, 1.82) is 5.26 Å². The van der Waals surface area contributed by atoms with Crippen LogP contribution in [0.15, 0.2) is 47.4 Å². The molecule has 0 radical (unpaired) electrons. The molecule has 0 aliphatic heterocycles. The lowest BCUT2D eigenvalue weighted by Gasteiger charge is -2.30. The lowest BCUT2D eigenvalue weighted by atomic mass is 9.91. The molecule has 0 saturated heterocycles. The van der Waals surface area contributed by atoms with Crippen LogP contribution >= 0.6 is 0 Å². The van der Waals surface area contributed by atoms with Gasteiger partial charge < -0.3 is 24.5 Å². The van der Waals surface area contributed by atoms with E-state index in [0.717, 1.165) is 0 Å². The summed E-state index contributed by atoms with van der Waals surface area (Å²) in [6, 6.07) is 11.8. The molecule has 43 heavy (non-hydrogen) atoms. The lowest BCUT2D eigenvalue weighted by molar-refractivity contribution is -0.125. The number of ether oxygens (including phenoxy) is 2. The van der Waals surface area contributed by atoms with Crippen molar-refractivity contribution in [3.63, 3.8) is 0 Å². The largest absolute Gasteiger partial charge is 0.490 e. The maximum absolute atomic E-state index is 14.0. The molecule has 2 saturated carbocycles. The topological polar surface area (TPSA) is 114 Å². The minimum Gasteiger partial charge on any atom is -0.490 e. The van der Waals surface area contributed by atoms with Gasteiger partial charge in [0.05, 0.1) is 17.8 Å². The number of aryl methyl sites for hydroxylation is 3. The third-order valence-corrected chi connectivity index (χ3v) is 8.51. The molecular weight excluding hydrogens is 549 g/mol. The van der Waals surface area contributed by atoms with Crippen LogP contribution in [0.2, 0.25) is 0 Å².